The Morgan fingerprint density at radius 1 is 0.757 bits per heavy atom. The van der Waals surface area contributed by atoms with E-state index in [1.807, 2.05) is 66.0 Å². The molecular weight excluding hydrogens is 519 g/mol. The highest BCUT2D eigenvalue weighted by molar-refractivity contribution is 8.17. The second-order valence-electron chi connectivity index (χ2n) is 8.92. The van der Waals surface area contributed by atoms with Gasteiger partial charge in [0.15, 0.2) is 5.90 Å². The number of thioether (sulfide) groups is 2. The summed E-state index contributed by atoms with van der Waals surface area (Å²) in [6.45, 7) is 0.751. The lowest BCUT2D eigenvalue weighted by Crippen LogP contribution is -2.18. The number of rotatable bonds is 12. The smallest absolute Gasteiger partial charge is 0.197 e. The standard InChI is InChI=1S/C30H35NO3S3/c1-32-24-13-17-26(18-14-24)35-30(36-27-19-15-25(33-2)16-20-27)21-29(31-37-28-11-7-4-8-12-28)34-22-23-9-5-3-6-10-23/h4,7-8,11-20,23,30H,3,5-6,9-10,21-22H2,1-2H3. The molecule has 0 bridgehead atoms. The normalized spacial score (nSPS) is 14.5. The maximum absolute atomic E-state index is 6.44. The quantitative estimate of drug-likeness (QED) is 0.0733. The summed E-state index contributed by atoms with van der Waals surface area (Å²) in [5, 5.41) is 0. The van der Waals surface area contributed by atoms with Gasteiger partial charge < -0.3 is 14.2 Å². The topological polar surface area (TPSA) is 40.0 Å². The fourth-order valence-corrected chi connectivity index (χ4v) is 7.26. The number of ether oxygens (including phenoxy) is 3. The largest absolute Gasteiger partial charge is 0.497 e. The molecule has 1 saturated carbocycles. The Balaban J connectivity index is 1.51. The van der Waals surface area contributed by atoms with E-state index in [9.17, 15) is 0 Å². The second kappa shape index (κ2) is 15.3. The monoisotopic (exact) mass is 553 g/mol. The Labute approximate surface area is 234 Å². The third-order valence-electron chi connectivity index (χ3n) is 6.20. The van der Waals surface area contributed by atoms with E-state index in [1.54, 1.807) is 14.2 Å². The van der Waals surface area contributed by atoms with E-state index < -0.39 is 0 Å². The highest BCUT2D eigenvalue weighted by atomic mass is 32.2. The van der Waals surface area contributed by atoms with Crippen LogP contribution >= 0.6 is 35.5 Å². The molecular formula is C30H35NO3S3. The van der Waals surface area contributed by atoms with Crippen molar-refractivity contribution in [2.75, 3.05) is 20.8 Å². The first-order valence-corrected chi connectivity index (χ1v) is 15.3. The van der Waals surface area contributed by atoms with Crippen LogP contribution in [0.1, 0.15) is 38.5 Å². The van der Waals surface area contributed by atoms with Crippen molar-refractivity contribution in [3.8, 4) is 11.5 Å². The van der Waals surface area contributed by atoms with Gasteiger partial charge in [-0.05, 0) is 79.4 Å². The summed E-state index contributed by atoms with van der Waals surface area (Å²) in [6.07, 6.45) is 7.19. The average molecular weight is 554 g/mol. The molecule has 1 aliphatic rings. The van der Waals surface area contributed by atoms with Gasteiger partial charge in [0.05, 0.1) is 25.4 Å². The number of hydrogen-bond donors (Lipinski definition) is 0. The van der Waals surface area contributed by atoms with Crippen molar-refractivity contribution < 1.29 is 14.2 Å². The van der Waals surface area contributed by atoms with Crippen molar-refractivity contribution in [1.82, 2.24) is 0 Å². The van der Waals surface area contributed by atoms with Crippen LogP contribution in [0.5, 0.6) is 11.5 Å². The van der Waals surface area contributed by atoms with Gasteiger partial charge in [0, 0.05) is 33.1 Å². The van der Waals surface area contributed by atoms with Crippen molar-refractivity contribution in [3.05, 3.63) is 78.9 Å². The summed E-state index contributed by atoms with van der Waals surface area (Å²) in [7, 11) is 3.39. The Bertz CT molecular complexity index is 1040. The van der Waals surface area contributed by atoms with Crippen LogP contribution in [0.2, 0.25) is 0 Å². The van der Waals surface area contributed by atoms with E-state index in [0.29, 0.717) is 5.92 Å². The van der Waals surface area contributed by atoms with Gasteiger partial charge in [-0.25, -0.2) is 0 Å². The third-order valence-corrected chi connectivity index (χ3v) is 9.50. The molecule has 0 aromatic heterocycles. The molecule has 3 aromatic carbocycles. The summed E-state index contributed by atoms with van der Waals surface area (Å²) < 4.78 is 22.2. The van der Waals surface area contributed by atoms with Crippen LogP contribution in [0.4, 0.5) is 0 Å². The molecule has 0 amide bonds. The van der Waals surface area contributed by atoms with Crippen molar-refractivity contribution in [3.63, 3.8) is 0 Å². The molecule has 0 N–H and O–H groups in total. The zero-order valence-corrected chi connectivity index (χ0v) is 24.0. The lowest BCUT2D eigenvalue weighted by Gasteiger charge is -2.23. The minimum Gasteiger partial charge on any atom is -0.497 e. The summed E-state index contributed by atoms with van der Waals surface area (Å²) in [5.41, 5.74) is 0. The zero-order valence-electron chi connectivity index (χ0n) is 21.5. The number of hydrogen-bond acceptors (Lipinski definition) is 7. The maximum Gasteiger partial charge on any atom is 0.197 e. The van der Waals surface area contributed by atoms with E-state index in [-0.39, 0.29) is 4.58 Å². The van der Waals surface area contributed by atoms with Gasteiger partial charge >= 0.3 is 0 Å². The van der Waals surface area contributed by atoms with Crippen LogP contribution in [0, 0.1) is 5.92 Å². The molecule has 0 heterocycles. The fraction of sp³-hybridized carbons (Fsp3) is 0.367. The van der Waals surface area contributed by atoms with Gasteiger partial charge in [0.25, 0.3) is 0 Å². The van der Waals surface area contributed by atoms with Crippen LogP contribution in [-0.4, -0.2) is 31.3 Å². The van der Waals surface area contributed by atoms with Gasteiger partial charge in [-0.1, -0.05) is 37.5 Å². The summed E-state index contributed by atoms with van der Waals surface area (Å²) in [4.78, 5) is 3.49. The van der Waals surface area contributed by atoms with Crippen LogP contribution in [0.25, 0.3) is 0 Å². The Morgan fingerprint density at radius 2 is 1.32 bits per heavy atom. The van der Waals surface area contributed by atoms with Crippen LogP contribution in [-0.2, 0) is 4.74 Å². The molecule has 3 aromatic rings. The lowest BCUT2D eigenvalue weighted by molar-refractivity contribution is 0.196. The van der Waals surface area contributed by atoms with Crippen molar-refractivity contribution in [1.29, 1.82) is 0 Å². The molecule has 0 saturated heterocycles. The van der Waals surface area contributed by atoms with E-state index in [1.165, 1.54) is 53.8 Å². The number of benzene rings is 3. The van der Waals surface area contributed by atoms with E-state index >= 15 is 0 Å². The van der Waals surface area contributed by atoms with Gasteiger partial charge in [-0.3, -0.25) is 0 Å². The van der Waals surface area contributed by atoms with Crippen LogP contribution in [0.15, 0.2) is 97.9 Å². The summed E-state index contributed by atoms with van der Waals surface area (Å²) in [5.74, 6) is 3.16. The molecule has 0 unspecified atom stereocenters. The molecule has 0 radical (unpaired) electrons. The van der Waals surface area contributed by atoms with E-state index in [0.717, 1.165) is 35.3 Å². The summed E-state index contributed by atoms with van der Waals surface area (Å²) >= 11 is 5.15. The SMILES string of the molecule is COc1ccc(SC(CC(=NSc2ccccc2)OCC2CCCCC2)Sc2ccc(OC)cc2)cc1. The first-order chi connectivity index (χ1) is 18.2. The first kappa shape index (κ1) is 27.8. The number of nitrogens with zero attached hydrogens (tertiary/aromatic N) is 1. The third kappa shape index (κ3) is 9.55. The zero-order chi connectivity index (χ0) is 25.7. The molecule has 196 valence electrons. The minimum absolute atomic E-state index is 0.184. The van der Waals surface area contributed by atoms with E-state index in [2.05, 4.69) is 36.4 Å². The Hall–Kier alpha value is -2.22. The van der Waals surface area contributed by atoms with Crippen molar-refractivity contribution >= 4 is 41.4 Å². The second-order valence-corrected chi connectivity index (χ2v) is 12.6. The molecule has 4 rings (SSSR count). The van der Waals surface area contributed by atoms with E-state index in [4.69, 9.17) is 18.6 Å². The Morgan fingerprint density at radius 3 is 1.86 bits per heavy atom. The molecule has 1 fully saturated rings. The number of methoxy groups -OCH3 is 2. The first-order valence-electron chi connectivity index (χ1n) is 12.7. The lowest BCUT2D eigenvalue weighted by atomic mass is 9.90. The molecule has 0 aliphatic heterocycles. The average Bonchev–Trinajstić information content (AvgIpc) is 2.96. The van der Waals surface area contributed by atoms with Crippen molar-refractivity contribution in [2.24, 2.45) is 10.3 Å². The van der Waals surface area contributed by atoms with Crippen LogP contribution < -0.4 is 9.47 Å². The van der Waals surface area contributed by atoms with Gasteiger partial charge in [-0.15, -0.1) is 23.5 Å². The fourth-order valence-electron chi connectivity index (χ4n) is 4.14. The predicted molar refractivity (Wildman–Crippen MR) is 158 cm³/mol. The van der Waals surface area contributed by atoms with Crippen molar-refractivity contribution in [2.45, 2.75) is 57.8 Å². The predicted octanol–water partition coefficient (Wildman–Crippen LogP) is 9.01. The molecule has 0 atom stereocenters. The molecule has 1 aliphatic carbocycles. The molecule has 4 nitrogen and oxygen atoms in total. The molecule has 7 heteroatoms. The Kier molecular flexibility index (Phi) is 11.5. The maximum atomic E-state index is 6.44. The van der Waals surface area contributed by atoms with Crippen LogP contribution in [0.3, 0.4) is 0 Å². The highest BCUT2D eigenvalue weighted by Gasteiger charge is 2.20. The van der Waals surface area contributed by atoms with Gasteiger partial charge in [-0.2, -0.15) is 4.40 Å². The molecule has 37 heavy (non-hydrogen) atoms. The van der Waals surface area contributed by atoms with Gasteiger partial charge in [0.2, 0.25) is 0 Å². The van der Waals surface area contributed by atoms with Gasteiger partial charge in [0.1, 0.15) is 11.5 Å². The highest BCUT2D eigenvalue weighted by Crippen LogP contribution is 2.39. The summed E-state index contributed by atoms with van der Waals surface area (Å²) in [6, 6.07) is 26.8. The molecule has 0 spiro atoms. The minimum atomic E-state index is 0.184.